The highest BCUT2D eigenvalue weighted by atomic mass is 16.3. The molecule has 4 heteroatoms. The second-order valence-corrected chi connectivity index (χ2v) is 4.20. The first-order valence-electron chi connectivity index (χ1n) is 5.63. The van der Waals surface area contributed by atoms with Gasteiger partial charge in [0.2, 0.25) is 0 Å². The maximum Gasteiger partial charge on any atom is 0.0945 e. The zero-order valence-corrected chi connectivity index (χ0v) is 10.1. The number of aliphatic hydroxyl groups excluding tert-OH is 1. The van der Waals surface area contributed by atoms with E-state index in [1.807, 2.05) is 44.3 Å². The molecule has 0 spiro atoms. The van der Waals surface area contributed by atoms with Crippen molar-refractivity contribution < 1.29 is 5.11 Å². The van der Waals surface area contributed by atoms with E-state index in [9.17, 15) is 5.11 Å². The lowest BCUT2D eigenvalue weighted by Crippen LogP contribution is -2.11. The van der Waals surface area contributed by atoms with Crippen LogP contribution >= 0.6 is 0 Å². The molecule has 1 aromatic carbocycles. The quantitative estimate of drug-likeness (QED) is 0.841. The molecule has 1 heterocycles. The van der Waals surface area contributed by atoms with E-state index in [1.165, 1.54) is 5.56 Å². The zero-order valence-electron chi connectivity index (χ0n) is 10.1. The summed E-state index contributed by atoms with van der Waals surface area (Å²) in [4.78, 5) is 0. The Balaban J connectivity index is 2.41. The molecule has 0 radical (unpaired) electrons. The van der Waals surface area contributed by atoms with Crippen LogP contribution in [0.3, 0.4) is 0 Å². The summed E-state index contributed by atoms with van der Waals surface area (Å²) in [5, 5.41) is 14.1. The van der Waals surface area contributed by atoms with Crippen molar-refractivity contribution in [1.82, 2.24) is 9.78 Å². The maximum absolute atomic E-state index is 9.75. The second kappa shape index (κ2) is 4.69. The largest absolute Gasteiger partial charge is 0.387 e. The summed E-state index contributed by atoms with van der Waals surface area (Å²) in [6, 6.07) is 8.05. The molecule has 0 aliphatic rings. The van der Waals surface area contributed by atoms with Crippen molar-refractivity contribution >= 4 is 0 Å². The fourth-order valence-corrected chi connectivity index (χ4v) is 1.83. The van der Waals surface area contributed by atoms with Crippen molar-refractivity contribution in [1.29, 1.82) is 0 Å². The lowest BCUT2D eigenvalue weighted by atomic mass is 10.1. The van der Waals surface area contributed by atoms with Crippen LogP contribution in [0.1, 0.15) is 22.9 Å². The van der Waals surface area contributed by atoms with E-state index < -0.39 is 6.10 Å². The van der Waals surface area contributed by atoms with Crippen LogP contribution in [-0.4, -0.2) is 21.4 Å². The number of aromatic nitrogens is 2. The Kier molecular flexibility index (Phi) is 3.26. The predicted octanol–water partition coefficient (Wildman–Crippen LogP) is 1.48. The van der Waals surface area contributed by atoms with Crippen LogP contribution in [0.15, 0.2) is 30.5 Å². The molecule has 90 valence electrons. The van der Waals surface area contributed by atoms with Crippen molar-refractivity contribution in [2.75, 3.05) is 6.54 Å². The van der Waals surface area contributed by atoms with Crippen LogP contribution in [-0.2, 0) is 0 Å². The number of hydrogen-bond acceptors (Lipinski definition) is 3. The summed E-state index contributed by atoms with van der Waals surface area (Å²) in [5.74, 6) is 0. The number of nitrogens with two attached hydrogens (primary N) is 1. The first-order chi connectivity index (χ1) is 8.11. The Hall–Kier alpha value is -1.65. The van der Waals surface area contributed by atoms with Crippen LogP contribution in [0.2, 0.25) is 0 Å². The van der Waals surface area contributed by atoms with Gasteiger partial charge in [0.1, 0.15) is 0 Å². The van der Waals surface area contributed by atoms with Crippen LogP contribution in [0.4, 0.5) is 0 Å². The van der Waals surface area contributed by atoms with E-state index in [0.717, 1.165) is 16.9 Å². The number of rotatable bonds is 3. The molecule has 0 aliphatic carbocycles. The molecule has 0 fully saturated rings. The molecule has 4 nitrogen and oxygen atoms in total. The number of aliphatic hydroxyl groups is 1. The van der Waals surface area contributed by atoms with Gasteiger partial charge in [-0.3, -0.25) is 0 Å². The molecular weight excluding hydrogens is 214 g/mol. The van der Waals surface area contributed by atoms with Gasteiger partial charge in [-0.2, -0.15) is 5.10 Å². The summed E-state index contributed by atoms with van der Waals surface area (Å²) >= 11 is 0. The molecule has 0 amide bonds. The first-order valence-corrected chi connectivity index (χ1v) is 5.63. The van der Waals surface area contributed by atoms with Gasteiger partial charge in [-0.25, -0.2) is 4.68 Å². The van der Waals surface area contributed by atoms with Gasteiger partial charge in [0, 0.05) is 18.3 Å². The lowest BCUT2D eigenvalue weighted by molar-refractivity contribution is 0.186. The Labute approximate surface area is 101 Å². The maximum atomic E-state index is 9.75. The van der Waals surface area contributed by atoms with Gasteiger partial charge in [-0.1, -0.05) is 12.1 Å². The summed E-state index contributed by atoms with van der Waals surface area (Å²) in [6.07, 6.45) is 1.19. The Morgan fingerprint density at radius 3 is 2.82 bits per heavy atom. The van der Waals surface area contributed by atoms with Crippen molar-refractivity contribution in [3.63, 3.8) is 0 Å². The first kappa shape index (κ1) is 11.8. The molecule has 2 aromatic rings. The van der Waals surface area contributed by atoms with Crippen molar-refractivity contribution in [2.24, 2.45) is 5.73 Å². The van der Waals surface area contributed by atoms with Crippen LogP contribution in [0, 0.1) is 13.8 Å². The van der Waals surface area contributed by atoms with Crippen LogP contribution < -0.4 is 5.73 Å². The smallest absolute Gasteiger partial charge is 0.0945 e. The van der Waals surface area contributed by atoms with Gasteiger partial charge >= 0.3 is 0 Å². The third-order valence-corrected chi connectivity index (χ3v) is 2.79. The minimum Gasteiger partial charge on any atom is -0.387 e. The third kappa shape index (κ3) is 2.38. The molecule has 3 N–H and O–H groups in total. The summed E-state index contributed by atoms with van der Waals surface area (Å²) in [6.45, 7) is 4.12. The highest BCUT2D eigenvalue weighted by Crippen LogP contribution is 2.18. The topological polar surface area (TPSA) is 64.1 Å². The molecule has 1 atom stereocenters. The Bertz CT molecular complexity index is 519. The highest BCUT2D eigenvalue weighted by molar-refractivity contribution is 5.36. The van der Waals surface area contributed by atoms with E-state index in [0.29, 0.717) is 0 Å². The standard InChI is InChI=1S/C13H17N3O/c1-9-4-3-5-11(6-9)16-8-12(10(2)15-16)13(17)7-14/h3-6,8,13,17H,7,14H2,1-2H3. The molecule has 1 unspecified atom stereocenters. The fraction of sp³-hybridized carbons (Fsp3) is 0.308. The van der Waals surface area contributed by atoms with Gasteiger partial charge in [0.05, 0.1) is 17.5 Å². The molecule has 2 rings (SSSR count). The fourth-order valence-electron chi connectivity index (χ4n) is 1.83. The summed E-state index contributed by atoms with van der Waals surface area (Å²) in [7, 11) is 0. The van der Waals surface area contributed by atoms with Gasteiger partial charge in [0.25, 0.3) is 0 Å². The van der Waals surface area contributed by atoms with Crippen LogP contribution in [0.25, 0.3) is 5.69 Å². The van der Waals surface area contributed by atoms with Crippen molar-refractivity contribution in [3.8, 4) is 5.69 Å². The molecule has 0 bridgehead atoms. The predicted molar refractivity (Wildman–Crippen MR) is 67.1 cm³/mol. The van der Waals surface area contributed by atoms with Gasteiger partial charge in [-0.05, 0) is 31.5 Å². The number of aryl methyl sites for hydroxylation is 2. The Morgan fingerprint density at radius 1 is 1.41 bits per heavy atom. The minimum atomic E-state index is -0.645. The minimum absolute atomic E-state index is 0.209. The van der Waals surface area contributed by atoms with E-state index in [4.69, 9.17) is 5.73 Å². The Morgan fingerprint density at radius 2 is 2.18 bits per heavy atom. The van der Waals surface area contributed by atoms with Gasteiger partial charge in [-0.15, -0.1) is 0 Å². The molecule has 1 aromatic heterocycles. The normalized spacial score (nSPS) is 12.7. The molecule has 0 aliphatic heterocycles. The zero-order chi connectivity index (χ0) is 12.4. The average molecular weight is 231 g/mol. The van der Waals surface area contributed by atoms with Crippen molar-refractivity contribution in [2.45, 2.75) is 20.0 Å². The number of benzene rings is 1. The van der Waals surface area contributed by atoms with Crippen molar-refractivity contribution in [3.05, 3.63) is 47.3 Å². The monoisotopic (exact) mass is 231 g/mol. The SMILES string of the molecule is Cc1cccc(-n2cc(C(O)CN)c(C)n2)c1. The number of hydrogen-bond donors (Lipinski definition) is 2. The van der Waals surface area contributed by atoms with Crippen LogP contribution in [0.5, 0.6) is 0 Å². The molecule has 0 saturated heterocycles. The van der Waals surface area contributed by atoms with Gasteiger partial charge < -0.3 is 10.8 Å². The van der Waals surface area contributed by atoms with Gasteiger partial charge in [0.15, 0.2) is 0 Å². The van der Waals surface area contributed by atoms with E-state index in [-0.39, 0.29) is 6.54 Å². The molecule has 17 heavy (non-hydrogen) atoms. The third-order valence-electron chi connectivity index (χ3n) is 2.79. The second-order valence-electron chi connectivity index (χ2n) is 4.20. The van der Waals surface area contributed by atoms with E-state index in [2.05, 4.69) is 5.10 Å². The molecular formula is C13H17N3O. The van der Waals surface area contributed by atoms with E-state index in [1.54, 1.807) is 4.68 Å². The lowest BCUT2D eigenvalue weighted by Gasteiger charge is -2.04. The highest BCUT2D eigenvalue weighted by Gasteiger charge is 2.13. The van der Waals surface area contributed by atoms with E-state index >= 15 is 0 Å². The number of nitrogens with zero attached hydrogens (tertiary/aromatic N) is 2. The molecule has 0 saturated carbocycles. The summed E-state index contributed by atoms with van der Waals surface area (Å²) in [5.41, 5.74) is 9.22. The average Bonchev–Trinajstić information content (AvgIpc) is 2.70. The summed E-state index contributed by atoms with van der Waals surface area (Å²) < 4.78 is 1.77.